The summed E-state index contributed by atoms with van der Waals surface area (Å²) in [5.74, 6) is 0. The summed E-state index contributed by atoms with van der Waals surface area (Å²) in [7, 11) is -3.47. The molecule has 5 nitrogen and oxygen atoms in total. The Morgan fingerprint density at radius 2 is 2.38 bits per heavy atom. The van der Waals surface area contributed by atoms with Crippen LogP contribution < -0.4 is 5.73 Å². The van der Waals surface area contributed by atoms with E-state index in [1.54, 1.807) is 5.38 Å². The topological polar surface area (TPSA) is 83.6 Å². The van der Waals surface area contributed by atoms with Crippen LogP contribution in [0.1, 0.15) is 12.8 Å². The molecule has 1 aliphatic heterocycles. The highest BCUT2D eigenvalue weighted by atomic mass is 32.2. The van der Waals surface area contributed by atoms with E-state index >= 15 is 0 Å². The van der Waals surface area contributed by atoms with Crippen molar-refractivity contribution in [2.45, 2.75) is 23.1 Å². The maximum absolute atomic E-state index is 12.2. The van der Waals surface area contributed by atoms with Crippen LogP contribution in [-0.4, -0.2) is 37.0 Å². The fourth-order valence-electron chi connectivity index (χ4n) is 1.89. The number of thiophene rings is 1. The molecule has 16 heavy (non-hydrogen) atoms. The highest BCUT2D eigenvalue weighted by molar-refractivity contribution is 7.91. The quantitative estimate of drug-likeness (QED) is 0.829. The van der Waals surface area contributed by atoms with Gasteiger partial charge in [0, 0.05) is 23.7 Å². The molecule has 0 radical (unpaired) electrons. The van der Waals surface area contributed by atoms with Crippen molar-refractivity contribution in [1.29, 1.82) is 0 Å². The number of nitrogens with zero attached hydrogens (tertiary/aromatic N) is 1. The molecule has 0 aliphatic carbocycles. The minimum absolute atomic E-state index is 0.125. The molecular weight excluding hydrogens is 248 g/mol. The fraction of sp³-hybridized carbons (Fsp3) is 0.556. The van der Waals surface area contributed by atoms with E-state index < -0.39 is 10.0 Å². The summed E-state index contributed by atoms with van der Waals surface area (Å²) in [6, 6.07) is 1.18. The third kappa shape index (κ3) is 1.95. The minimum atomic E-state index is -3.47. The second-order valence-corrected chi connectivity index (χ2v) is 6.82. The number of aliphatic hydroxyl groups is 1. The lowest BCUT2D eigenvalue weighted by Crippen LogP contribution is -2.37. The van der Waals surface area contributed by atoms with Gasteiger partial charge in [-0.25, -0.2) is 8.42 Å². The summed E-state index contributed by atoms with van der Waals surface area (Å²) in [6.07, 6.45) is 1.52. The van der Waals surface area contributed by atoms with Gasteiger partial charge >= 0.3 is 0 Å². The summed E-state index contributed by atoms with van der Waals surface area (Å²) in [6.45, 7) is 0.353. The van der Waals surface area contributed by atoms with Crippen LogP contribution in [-0.2, 0) is 10.0 Å². The molecule has 1 aromatic rings. The van der Waals surface area contributed by atoms with Crippen LogP contribution in [0.2, 0.25) is 0 Å². The normalized spacial score (nSPS) is 22.7. The molecule has 7 heteroatoms. The maximum Gasteiger partial charge on any atom is 0.252 e. The minimum Gasteiger partial charge on any atom is -0.398 e. The second-order valence-electron chi connectivity index (χ2n) is 3.79. The molecule has 3 N–H and O–H groups in total. The fourth-order valence-corrected chi connectivity index (χ4v) is 4.78. The molecule has 1 aliphatic rings. The summed E-state index contributed by atoms with van der Waals surface area (Å²) in [4.78, 5) is 0. The van der Waals surface area contributed by atoms with Crippen LogP contribution in [0.5, 0.6) is 0 Å². The third-order valence-corrected chi connectivity index (χ3v) is 6.08. The van der Waals surface area contributed by atoms with Gasteiger partial charge in [0.25, 0.3) is 10.0 Å². The van der Waals surface area contributed by atoms with E-state index in [-0.39, 0.29) is 16.9 Å². The molecule has 0 aromatic carbocycles. The average Bonchev–Trinajstić information content (AvgIpc) is 2.85. The van der Waals surface area contributed by atoms with E-state index in [4.69, 9.17) is 10.8 Å². The number of anilines is 1. The molecule has 0 saturated carbocycles. The Morgan fingerprint density at radius 3 is 2.94 bits per heavy atom. The summed E-state index contributed by atoms with van der Waals surface area (Å²) >= 11 is 1.12. The number of nitrogens with two attached hydrogens (primary N) is 1. The number of rotatable bonds is 3. The molecule has 2 heterocycles. The molecule has 90 valence electrons. The lowest BCUT2D eigenvalue weighted by molar-refractivity contribution is 0.213. The standard InChI is InChI=1S/C9H14N2O3S2/c10-7-4-9(15-6-7)16(13,14)11-3-1-2-8(11)5-12/h4,6,8,12H,1-3,5,10H2/t8-/m0/s1. The van der Waals surface area contributed by atoms with E-state index in [9.17, 15) is 8.42 Å². The van der Waals surface area contributed by atoms with Gasteiger partial charge in [-0.2, -0.15) is 4.31 Å². The van der Waals surface area contributed by atoms with Gasteiger partial charge < -0.3 is 10.8 Å². The maximum atomic E-state index is 12.2. The van der Waals surface area contributed by atoms with Crippen molar-refractivity contribution in [3.8, 4) is 0 Å². The van der Waals surface area contributed by atoms with Crippen molar-refractivity contribution in [3.05, 3.63) is 11.4 Å². The molecule has 1 saturated heterocycles. The van der Waals surface area contributed by atoms with Gasteiger partial charge in [-0.05, 0) is 18.9 Å². The zero-order valence-corrected chi connectivity index (χ0v) is 10.3. The van der Waals surface area contributed by atoms with Crippen molar-refractivity contribution in [2.75, 3.05) is 18.9 Å². The number of sulfonamides is 1. The van der Waals surface area contributed by atoms with Crippen molar-refractivity contribution < 1.29 is 13.5 Å². The molecule has 0 spiro atoms. The van der Waals surface area contributed by atoms with Crippen LogP contribution in [0.3, 0.4) is 0 Å². The Labute approximate surface area is 98.5 Å². The van der Waals surface area contributed by atoms with Crippen molar-refractivity contribution in [3.63, 3.8) is 0 Å². The molecule has 2 rings (SSSR count). The monoisotopic (exact) mass is 262 g/mol. The SMILES string of the molecule is Nc1csc(S(=O)(=O)N2CCC[C@H]2CO)c1. The van der Waals surface area contributed by atoms with Gasteiger partial charge in [-0.1, -0.05) is 0 Å². The highest BCUT2D eigenvalue weighted by Crippen LogP contribution is 2.30. The predicted octanol–water partition coefficient (Wildman–Crippen LogP) is 0.476. The van der Waals surface area contributed by atoms with Crippen molar-refractivity contribution in [1.82, 2.24) is 4.31 Å². The molecule has 1 aromatic heterocycles. The van der Waals surface area contributed by atoms with E-state index in [0.717, 1.165) is 24.2 Å². The molecule has 1 atom stereocenters. The van der Waals surface area contributed by atoms with E-state index in [0.29, 0.717) is 12.2 Å². The Kier molecular flexibility index (Phi) is 3.20. The van der Waals surface area contributed by atoms with Crippen LogP contribution >= 0.6 is 11.3 Å². The van der Waals surface area contributed by atoms with Gasteiger partial charge in [0.15, 0.2) is 0 Å². The highest BCUT2D eigenvalue weighted by Gasteiger charge is 2.35. The lowest BCUT2D eigenvalue weighted by Gasteiger charge is -2.21. The Bertz CT molecular complexity index is 469. The summed E-state index contributed by atoms with van der Waals surface area (Å²) < 4.78 is 26.0. The second kappa shape index (κ2) is 4.33. The Hall–Kier alpha value is -0.630. The van der Waals surface area contributed by atoms with Gasteiger partial charge in [-0.3, -0.25) is 0 Å². The van der Waals surface area contributed by atoms with Crippen LogP contribution in [0.25, 0.3) is 0 Å². The van der Waals surface area contributed by atoms with E-state index in [1.807, 2.05) is 0 Å². The molecule has 0 amide bonds. The first-order valence-corrected chi connectivity index (χ1v) is 7.34. The summed E-state index contributed by atoms with van der Waals surface area (Å²) in [5.41, 5.74) is 5.98. The first kappa shape index (κ1) is 11.8. The van der Waals surface area contributed by atoms with Gasteiger partial charge in [0.1, 0.15) is 4.21 Å². The Balaban J connectivity index is 2.32. The summed E-state index contributed by atoms with van der Waals surface area (Å²) in [5, 5.41) is 10.7. The zero-order chi connectivity index (χ0) is 11.8. The zero-order valence-electron chi connectivity index (χ0n) is 8.67. The van der Waals surface area contributed by atoms with Crippen molar-refractivity contribution >= 4 is 27.0 Å². The van der Waals surface area contributed by atoms with E-state index in [1.165, 1.54) is 10.4 Å². The van der Waals surface area contributed by atoms with Crippen LogP contribution in [0.15, 0.2) is 15.7 Å². The van der Waals surface area contributed by atoms with Gasteiger partial charge in [0.2, 0.25) is 0 Å². The molecule has 0 unspecified atom stereocenters. The van der Waals surface area contributed by atoms with Gasteiger partial charge in [-0.15, -0.1) is 11.3 Å². The third-order valence-electron chi connectivity index (χ3n) is 2.69. The lowest BCUT2D eigenvalue weighted by atomic mass is 10.2. The smallest absolute Gasteiger partial charge is 0.252 e. The van der Waals surface area contributed by atoms with Crippen molar-refractivity contribution in [2.24, 2.45) is 0 Å². The average molecular weight is 262 g/mol. The van der Waals surface area contributed by atoms with Crippen LogP contribution in [0, 0.1) is 0 Å². The number of hydrogen-bond donors (Lipinski definition) is 2. The molecule has 1 fully saturated rings. The van der Waals surface area contributed by atoms with Gasteiger partial charge in [0.05, 0.1) is 6.61 Å². The first-order chi connectivity index (χ1) is 7.55. The molecular formula is C9H14N2O3S2. The molecule has 0 bridgehead atoms. The Morgan fingerprint density at radius 1 is 1.62 bits per heavy atom. The number of nitrogen functional groups attached to an aromatic ring is 1. The predicted molar refractivity (Wildman–Crippen MR) is 62.7 cm³/mol. The largest absolute Gasteiger partial charge is 0.398 e. The number of aliphatic hydroxyl groups excluding tert-OH is 1. The van der Waals surface area contributed by atoms with E-state index in [2.05, 4.69) is 0 Å². The first-order valence-electron chi connectivity index (χ1n) is 5.02. The van der Waals surface area contributed by atoms with Crippen LogP contribution in [0.4, 0.5) is 5.69 Å². The number of hydrogen-bond acceptors (Lipinski definition) is 5.